The van der Waals surface area contributed by atoms with Gasteiger partial charge in [0.1, 0.15) is 0 Å². The lowest BCUT2D eigenvalue weighted by molar-refractivity contribution is 0.387. The molecule has 1 aliphatic carbocycles. The molecule has 1 saturated carbocycles. The molecule has 1 aliphatic rings. The molecule has 15 heavy (non-hydrogen) atoms. The van der Waals surface area contributed by atoms with Gasteiger partial charge in [0.2, 0.25) is 0 Å². The lowest BCUT2D eigenvalue weighted by Gasteiger charge is -2.20. The Morgan fingerprint density at radius 3 is 2.27 bits per heavy atom. The van der Waals surface area contributed by atoms with Gasteiger partial charge in [0.05, 0.1) is 0 Å². The van der Waals surface area contributed by atoms with E-state index in [2.05, 4.69) is 13.3 Å². The molecule has 0 spiro atoms. The molecule has 0 aromatic carbocycles. The quantitative estimate of drug-likeness (QED) is 0.462. The van der Waals surface area contributed by atoms with E-state index in [9.17, 15) is 0 Å². The Balaban J connectivity index is 1.79. The van der Waals surface area contributed by atoms with Gasteiger partial charge in [0, 0.05) is 0 Å². The molecule has 0 bridgehead atoms. The first-order chi connectivity index (χ1) is 7.43. The van der Waals surface area contributed by atoms with Crippen molar-refractivity contribution in [2.75, 3.05) is 0 Å². The molecule has 0 saturated heterocycles. The highest BCUT2D eigenvalue weighted by atomic mass is 14.2. The van der Waals surface area contributed by atoms with Crippen molar-refractivity contribution in [3.8, 4) is 0 Å². The Morgan fingerprint density at radius 2 is 1.53 bits per heavy atom. The third-order valence-corrected chi connectivity index (χ3v) is 3.71. The standard InChI is InChI=1S/C15H29/c1-2-3-4-5-6-7-9-12-15-13-10-8-11-14-15/h12,15H,2-11,13-14H2,1H3. The average molecular weight is 209 g/mol. The molecule has 0 unspecified atom stereocenters. The van der Waals surface area contributed by atoms with Gasteiger partial charge in [-0.2, -0.15) is 0 Å². The van der Waals surface area contributed by atoms with Gasteiger partial charge in [0.15, 0.2) is 0 Å². The molecule has 0 heteroatoms. The fourth-order valence-corrected chi connectivity index (χ4v) is 2.65. The molecule has 0 aromatic heterocycles. The van der Waals surface area contributed by atoms with Crippen LogP contribution in [0.2, 0.25) is 0 Å². The summed E-state index contributed by atoms with van der Waals surface area (Å²) in [6, 6.07) is 0. The molecule has 0 aromatic rings. The Labute approximate surface area is 96.8 Å². The fourth-order valence-electron chi connectivity index (χ4n) is 2.65. The zero-order chi connectivity index (χ0) is 10.8. The maximum Gasteiger partial charge on any atom is -0.0355 e. The summed E-state index contributed by atoms with van der Waals surface area (Å²) < 4.78 is 0. The van der Waals surface area contributed by atoms with Crippen LogP contribution in [0, 0.1) is 12.3 Å². The smallest absolute Gasteiger partial charge is 0.0355 e. The molecule has 1 radical (unpaired) electrons. The maximum absolute atomic E-state index is 2.62. The minimum absolute atomic E-state index is 0.981. The first-order valence-electron chi connectivity index (χ1n) is 7.27. The third kappa shape index (κ3) is 6.98. The van der Waals surface area contributed by atoms with Gasteiger partial charge in [0.25, 0.3) is 0 Å². The van der Waals surface area contributed by atoms with Gasteiger partial charge in [-0.1, -0.05) is 77.6 Å². The Hall–Kier alpha value is 0. The second-order valence-electron chi connectivity index (χ2n) is 5.19. The first kappa shape index (κ1) is 13.1. The lowest BCUT2D eigenvalue weighted by Crippen LogP contribution is -2.06. The van der Waals surface area contributed by atoms with Gasteiger partial charge in [-0.25, -0.2) is 0 Å². The summed E-state index contributed by atoms with van der Waals surface area (Å²) in [6.45, 7) is 2.29. The average Bonchev–Trinajstić information content (AvgIpc) is 2.29. The number of hydrogen-bond donors (Lipinski definition) is 0. The number of hydrogen-bond acceptors (Lipinski definition) is 0. The monoisotopic (exact) mass is 209 g/mol. The van der Waals surface area contributed by atoms with Crippen LogP contribution < -0.4 is 0 Å². The summed E-state index contributed by atoms with van der Waals surface area (Å²) in [7, 11) is 0. The largest absolute Gasteiger partial charge is 0.0654 e. The van der Waals surface area contributed by atoms with E-state index < -0.39 is 0 Å². The topological polar surface area (TPSA) is 0 Å². The second kappa shape index (κ2) is 9.24. The van der Waals surface area contributed by atoms with Crippen molar-refractivity contribution in [2.24, 2.45) is 5.92 Å². The number of unbranched alkanes of at least 4 members (excludes halogenated alkanes) is 6. The van der Waals surface area contributed by atoms with E-state index in [4.69, 9.17) is 0 Å². The van der Waals surface area contributed by atoms with Crippen LogP contribution in [0.1, 0.15) is 84.0 Å². The van der Waals surface area contributed by atoms with Crippen molar-refractivity contribution < 1.29 is 0 Å². The molecule has 0 N–H and O–H groups in total. The van der Waals surface area contributed by atoms with E-state index in [1.165, 1.54) is 77.0 Å². The summed E-state index contributed by atoms with van der Waals surface area (Å²) in [4.78, 5) is 0. The summed E-state index contributed by atoms with van der Waals surface area (Å²) in [5.74, 6) is 0.981. The van der Waals surface area contributed by atoms with E-state index in [1.807, 2.05) is 0 Å². The van der Waals surface area contributed by atoms with Crippen LogP contribution in [0.15, 0.2) is 0 Å². The van der Waals surface area contributed by atoms with Crippen LogP contribution in [0.25, 0.3) is 0 Å². The SMILES string of the molecule is CCCCCCCC[CH]C1CCCCC1. The van der Waals surface area contributed by atoms with E-state index >= 15 is 0 Å². The van der Waals surface area contributed by atoms with Crippen molar-refractivity contribution in [1.82, 2.24) is 0 Å². The van der Waals surface area contributed by atoms with Crippen LogP contribution in [-0.4, -0.2) is 0 Å². The third-order valence-electron chi connectivity index (χ3n) is 3.71. The fraction of sp³-hybridized carbons (Fsp3) is 0.933. The van der Waals surface area contributed by atoms with Gasteiger partial charge < -0.3 is 0 Å². The Kier molecular flexibility index (Phi) is 8.05. The molecule has 1 rings (SSSR count). The van der Waals surface area contributed by atoms with Crippen molar-refractivity contribution in [3.63, 3.8) is 0 Å². The summed E-state index contributed by atoms with van der Waals surface area (Å²) >= 11 is 0. The molecule has 0 heterocycles. The molecule has 89 valence electrons. The van der Waals surface area contributed by atoms with E-state index in [-0.39, 0.29) is 0 Å². The predicted molar refractivity (Wildman–Crippen MR) is 68.9 cm³/mol. The molecule has 0 amide bonds. The molecular weight excluding hydrogens is 180 g/mol. The minimum Gasteiger partial charge on any atom is -0.0654 e. The van der Waals surface area contributed by atoms with Crippen molar-refractivity contribution in [3.05, 3.63) is 6.42 Å². The van der Waals surface area contributed by atoms with Crippen molar-refractivity contribution in [2.45, 2.75) is 84.0 Å². The van der Waals surface area contributed by atoms with Crippen LogP contribution >= 0.6 is 0 Å². The molecule has 0 nitrogen and oxygen atoms in total. The van der Waals surface area contributed by atoms with Crippen LogP contribution in [0.4, 0.5) is 0 Å². The predicted octanol–water partition coefficient (Wildman–Crippen LogP) is 5.52. The highest BCUT2D eigenvalue weighted by Gasteiger charge is 2.12. The molecule has 0 atom stereocenters. The first-order valence-corrected chi connectivity index (χ1v) is 7.27. The van der Waals surface area contributed by atoms with Gasteiger partial charge >= 0.3 is 0 Å². The molecule has 0 aliphatic heterocycles. The molecule has 1 fully saturated rings. The van der Waals surface area contributed by atoms with Crippen LogP contribution in [-0.2, 0) is 0 Å². The zero-order valence-electron chi connectivity index (χ0n) is 10.6. The van der Waals surface area contributed by atoms with E-state index in [1.54, 1.807) is 0 Å². The van der Waals surface area contributed by atoms with Crippen molar-refractivity contribution in [1.29, 1.82) is 0 Å². The van der Waals surface area contributed by atoms with Gasteiger partial charge in [-0.15, -0.1) is 0 Å². The van der Waals surface area contributed by atoms with Gasteiger partial charge in [-0.3, -0.25) is 0 Å². The van der Waals surface area contributed by atoms with E-state index in [0.717, 1.165) is 5.92 Å². The van der Waals surface area contributed by atoms with Gasteiger partial charge in [-0.05, 0) is 18.8 Å². The maximum atomic E-state index is 2.62. The lowest BCUT2D eigenvalue weighted by atomic mass is 9.85. The van der Waals surface area contributed by atoms with E-state index in [0.29, 0.717) is 0 Å². The highest BCUT2D eigenvalue weighted by molar-refractivity contribution is 4.78. The summed E-state index contributed by atoms with van der Waals surface area (Å²) in [5.41, 5.74) is 0. The highest BCUT2D eigenvalue weighted by Crippen LogP contribution is 2.27. The van der Waals surface area contributed by atoms with Crippen LogP contribution in [0.3, 0.4) is 0 Å². The summed E-state index contributed by atoms with van der Waals surface area (Å²) in [6.07, 6.45) is 20.1. The Morgan fingerprint density at radius 1 is 0.867 bits per heavy atom. The summed E-state index contributed by atoms with van der Waals surface area (Å²) in [5, 5.41) is 0. The zero-order valence-corrected chi connectivity index (χ0v) is 10.6. The Bertz CT molecular complexity index is 122. The number of rotatable bonds is 8. The van der Waals surface area contributed by atoms with Crippen LogP contribution in [0.5, 0.6) is 0 Å². The normalized spacial score (nSPS) is 18.2. The second-order valence-corrected chi connectivity index (χ2v) is 5.19. The van der Waals surface area contributed by atoms with Crippen molar-refractivity contribution >= 4 is 0 Å². The minimum atomic E-state index is 0.981. The molecular formula is C15H29.